The monoisotopic (exact) mass is 449 g/mol. The number of phenols is 1. The Morgan fingerprint density at radius 1 is 0.710 bits per heavy atom. The molecule has 0 saturated heterocycles. The summed E-state index contributed by atoms with van der Waals surface area (Å²) in [5, 5.41) is 25.5. The Balaban J connectivity index is 0.00000272. The molecule has 4 nitrogen and oxygen atoms in total. The Morgan fingerprint density at radius 3 is 1.52 bits per heavy atom. The van der Waals surface area contributed by atoms with Gasteiger partial charge in [-0.05, 0) is 42.5 Å². The van der Waals surface area contributed by atoms with Crippen LogP contribution >= 0.6 is 7.26 Å². The third kappa shape index (κ3) is 4.46. The molecule has 0 saturated carbocycles. The fourth-order valence-electron chi connectivity index (χ4n) is 3.84. The molecule has 0 unspecified atom stereocenters. The smallest absolute Gasteiger partial charge is 0.270 e. The van der Waals surface area contributed by atoms with Crippen LogP contribution in [0.2, 0.25) is 0 Å². The van der Waals surface area contributed by atoms with Gasteiger partial charge in [-0.3, -0.25) is 10.1 Å². The minimum Gasteiger partial charge on any atom is -1.00 e. The molecule has 31 heavy (non-hydrogen) atoms. The fourth-order valence-corrected chi connectivity index (χ4v) is 8.09. The number of nitrogens with zero attached hydrogens (tertiary/aromatic N) is 1. The van der Waals surface area contributed by atoms with Crippen LogP contribution in [-0.4, -0.2) is 10.0 Å². The van der Waals surface area contributed by atoms with E-state index in [1.165, 1.54) is 18.2 Å². The number of phenolic OH excluding ortho intramolecular Hbond substituents is 1. The molecule has 4 aromatic rings. The van der Waals surface area contributed by atoms with Crippen molar-refractivity contribution in [3.05, 3.63) is 125 Å². The van der Waals surface area contributed by atoms with Gasteiger partial charge in [0.15, 0.2) is 0 Å². The van der Waals surface area contributed by atoms with Crippen LogP contribution in [0.25, 0.3) is 0 Å². The second kappa shape index (κ2) is 9.74. The highest BCUT2D eigenvalue weighted by atomic mass is 35.5. The SMILES string of the molecule is O=[N+]([O-])c1ccc(O)c(C[P+](c2ccccc2)(c2ccccc2)c2ccccc2)c1.[Cl-]. The van der Waals surface area contributed by atoms with Crippen molar-refractivity contribution in [1.29, 1.82) is 0 Å². The first-order chi connectivity index (χ1) is 14.6. The highest BCUT2D eigenvalue weighted by molar-refractivity contribution is 7.95. The number of non-ortho nitro benzene ring substituents is 1. The molecule has 0 aliphatic rings. The average molecular weight is 450 g/mol. The number of hydrogen-bond acceptors (Lipinski definition) is 3. The van der Waals surface area contributed by atoms with Crippen molar-refractivity contribution in [2.24, 2.45) is 0 Å². The standard InChI is InChI=1S/C25H20NO3P.ClH/c27-25-17-16-21(26(28)29)18-20(25)19-30(22-10-4-1-5-11-22,23-12-6-2-7-13-23)24-14-8-3-9-15-24;/h1-18H,19H2;1H. The van der Waals surface area contributed by atoms with Crippen molar-refractivity contribution < 1.29 is 22.4 Å². The average Bonchev–Trinajstić information content (AvgIpc) is 2.80. The van der Waals surface area contributed by atoms with E-state index in [1.807, 2.05) is 54.6 Å². The molecule has 0 radical (unpaired) electrons. The van der Waals surface area contributed by atoms with Gasteiger partial charge in [0.05, 0.1) is 4.92 Å². The Hall–Kier alpha value is -3.20. The maximum Gasteiger partial charge on any atom is 0.270 e. The molecule has 0 aliphatic heterocycles. The van der Waals surface area contributed by atoms with E-state index in [2.05, 4.69) is 36.4 Å². The first-order valence-electron chi connectivity index (χ1n) is 9.62. The number of aromatic hydroxyl groups is 1. The van der Waals surface area contributed by atoms with Crippen molar-refractivity contribution in [3.8, 4) is 5.75 Å². The molecule has 156 valence electrons. The summed E-state index contributed by atoms with van der Waals surface area (Å²) in [6.07, 6.45) is 0.485. The Bertz CT molecular complexity index is 1060. The van der Waals surface area contributed by atoms with Gasteiger partial charge >= 0.3 is 0 Å². The van der Waals surface area contributed by atoms with E-state index in [9.17, 15) is 15.2 Å². The number of rotatable bonds is 6. The van der Waals surface area contributed by atoms with E-state index in [-0.39, 0.29) is 23.8 Å². The van der Waals surface area contributed by atoms with E-state index >= 15 is 0 Å². The summed E-state index contributed by atoms with van der Waals surface area (Å²) in [5.41, 5.74) is 0.559. The Labute approximate surface area is 188 Å². The zero-order valence-electron chi connectivity index (χ0n) is 16.6. The van der Waals surface area contributed by atoms with Gasteiger partial charge in [0, 0.05) is 17.7 Å². The summed E-state index contributed by atoms with van der Waals surface area (Å²) in [7, 11) is -2.23. The van der Waals surface area contributed by atoms with Gasteiger partial charge in [0.25, 0.3) is 5.69 Å². The predicted molar refractivity (Wildman–Crippen MR) is 124 cm³/mol. The number of nitro benzene ring substituents is 1. The minimum atomic E-state index is -2.23. The van der Waals surface area contributed by atoms with Crippen molar-refractivity contribution in [2.45, 2.75) is 6.16 Å². The van der Waals surface area contributed by atoms with Crippen molar-refractivity contribution in [3.63, 3.8) is 0 Å². The molecule has 0 amide bonds. The van der Waals surface area contributed by atoms with Gasteiger partial charge in [-0.15, -0.1) is 0 Å². The second-order valence-electron chi connectivity index (χ2n) is 7.04. The van der Waals surface area contributed by atoms with Gasteiger partial charge < -0.3 is 17.5 Å². The maximum atomic E-state index is 11.4. The third-order valence-electron chi connectivity index (χ3n) is 5.27. The fraction of sp³-hybridized carbons (Fsp3) is 0.0400. The van der Waals surface area contributed by atoms with Crippen LogP contribution in [0.5, 0.6) is 5.75 Å². The van der Waals surface area contributed by atoms with Crippen LogP contribution in [0.3, 0.4) is 0 Å². The van der Waals surface area contributed by atoms with Crippen LogP contribution in [0.4, 0.5) is 5.69 Å². The molecule has 4 aromatic carbocycles. The normalized spacial score (nSPS) is 10.8. The van der Waals surface area contributed by atoms with E-state index in [0.717, 1.165) is 15.9 Å². The van der Waals surface area contributed by atoms with Gasteiger partial charge in [-0.2, -0.15) is 0 Å². The Morgan fingerprint density at radius 2 is 1.13 bits per heavy atom. The van der Waals surface area contributed by atoms with Crippen LogP contribution in [0.1, 0.15) is 5.56 Å². The lowest BCUT2D eigenvalue weighted by Gasteiger charge is -2.28. The molecular formula is C25H21ClNO3P. The molecule has 0 aliphatic carbocycles. The van der Waals surface area contributed by atoms with E-state index in [1.54, 1.807) is 0 Å². The number of nitro groups is 1. The highest BCUT2D eigenvalue weighted by Crippen LogP contribution is 2.59. The maximum absolute atomic E-state index is 11.4. The summed E-state index contributed by atoms with van der Waals surface area (Å²) < 4.78 is 0. The highest BCUT2D eigenvalue weighted by Gasteiger charge is 2.46. The second-order valence-corrected chi connectivity index (χ2v) is 10.5. The lowest BCUT2D eigenvalue weighted by atomic mass is 10.2. The van der Waals surface area contributed by atoms with Crippen LogP contribution < -0.4 is 28.3 Å². The summed E-state index contributed by atoms with van der Waals surface area (Å²) in [5.74, 6) is 0.0766. The van der Waals surface area contributed by atoms with Gasteiger partial charge in [-0.1, -0.05) is 54.6 Å². The van der Waals surface area contributed by atoms with Crippen LogP contribution in [0.15, 0.2) is 109 Å². The zero-order valence-corrected chi connectivity index (χ0v) is 18.3. The number of benzene rings is 4. The molecule has 1 N–H and O–H groups in total. The van der Waals surface area contributed by atoms with Crippen molar-refractivity contribution in [1.82, 2.24) is 0 Å². The summed E-state index contributed by atoms with van der Waals surface area (Å²) >= 11 is 0. The van der Waals surface area contributed by atoms with Crippen LogP contribution in [0, 0.1) is 10.1 Å². The van der Waals surface area contributed by atoms with Gasteiger partial charge in [0.2, 0.25) is 0 Å². The molecule has 0 fully saturated rings. The van der Waals surface area contributed by atoms with Gasteiger partial charge in [-0.25, -0.2) is 0 Å². The summed E-state index contributed by atoms with van der Waals surface area (Å²) in [4.78, 5) is 11.0. The van der Waals surface area contributed by atoms with Crippen LogP contribution in [-0.2, 0) is 6.16 Å². The lowest BCUT2D eigenvalue weighted by molar-refractivity contribution is -0.384. The lowest BCUT2D eigenvalue weighted by Crippen LogP contribution is -3.00. The molecule has 4 rings (SSSR count). The van der Waals surface area contributed by atoms with Crippen molar-refractivity contribution in [2.75, 3.05) is 0 Å². The first-order valence-corrected chi connectivity index (χ1v) is 11.6. The van der Waals surface area contributed by atoms with E-state index in [4.69, 9.17) is 0 Å². The summed E-state index contributed by atoms with van der Waals surface area (Å²) in [6, 6.07) is 35.0. The Kier molecular flexibility index (Phi) is 7.06. The van der Waals surface area contributed by atoms with Gasteiger partial charge in [0.1, 0.15) is 35.1 Å². The van der Waals surface area contributed by atoms with E-state index < -0.39 is 12.2 Å². The molecule has 0 bridgehead atoms. The quantitative estimate of drug-likeness (QED) is 0.277. The van der Waals surface area contributed by atoms with Crippen molar-refractivity contribution >= 4 is 28.9 Å². The topological polar surface area (TPSA) is 63.4 Å². The molecule has 0 aromatic heterocycles. The first kappa shape index (κ1) is 22.5. The molecule has 6 heteroatoms. The number of hydrogen-bond donors (Lipinski definition) is 1. The molecule has 0 spiro atoms. The van der Waals surface area contributed by atoms with E-state index in [0.29, 0.717) is 11.7 Å². The third-order valence-corrected chi connectivity index (χ3v) is 9.63. The minimum absolute atomic E-state index is 0. The zero-order chi connectivity index (χ0) is 21.0. The largest absolute Gasteiger partial charge is 1.00 e. The number of halogens is 1. The summed E-state index contributed by atoms with van der Waals surface area (Å²) in [6.45, 7) is 0. The molecule has 0 atom stereocenters. The molecular weight excluding hydrogens is 429 g/mol. The molecule has 0 heterocycles. The predicted octanol–water partition coefficient (Wildman–Crippen LogP) is 1.80.